The van der Waals surface area contributed by atoms with Crippen LogP contribution in [0.4, 0.5) is 0 Å². The standard InChI is InChI=1S/C6H14ClN/c1-5(2)6(7)8(3)4/h5-6H,1-4H3. The number of rotatable bonds is 2. The molecule has 0 rings (SSSR count). The first-order chi connectivity index (χ1) is 3.55. The van der Waals surface area contributed by atoms with Crippen molar-refractivity contribution in [2.75, 3.05) is 14.1 Å². The van der Waals surface area contributed by atoms with E-state index in [0.29, 0.717) is 5.92 Å². The summed E-state index contributed by atoms with van der Waals surface area (Å²) < 4.78 is 0. The molecule has 0 radical (unpaired) electrons. The summed E-state index contributed by atoms with van der Waals surface area (Å²) in [6.45, 7) is 4.22. The molecule has 0 bridgehead atoms. The lowest BCUT2D eigenvalue weighted by atomic mass is 10.2. The molecule has 0 heterocycles. The second-order valence-electron chi connectivity index (χ2n) is 2.58. The number of hydrogen-bond acceptors (Lipinski definition) is 1. The predicted molar refractivity (Wildman–Crippen MR) is 38.2 cm³/mol. The molecule has 0 aliphatic heterocycles. The van der Waals surface area contributed by atoms with Gasteiger partial charge in [0, 0.05) is 0 Å². The van der Waals surface area contributed by atoms with Crippen LogP contribution in [0.3, 0.4) is 0 Å². The van der Waals surface area contributed by atoms with Crippen LogP contribution in [0.15, 0.2) is 0 Å². The molecule has 1 unspecified atom stereocenters. The fourth-order valence-corrected chi connectivity index (χ4v) is 0.596. The van der Waals surface area contributed by atoms with E-state index in [0.717, 1.165) is 0 Å². The van der Waals surface area contributed by atoms with E-state index in [1.54, 1.807) is 0 Å². The maximum atomic E-state index is 5.88. The Bertz CT molecular complexity index is 53.5. The first-order valence-electron chi connectivity index (χ1n) is 2.86. The normalized spacial score (nSPS) is 15.4. The SMILES string of the molecule is CC(C)C(Cl)N(C)C. The molecule has 0 fully saturated rings. The molecule has 2 heteroatoms. The van der Waals surface area contributed by atoms with E-state index in [9.17, 15) is 0 Å². The van der Waals surface area contributed by atoms with Gasteiger partial charge in [-0.2, -0.15) is 0 Å². The molecule has 8 heavy (non-hydrogen) atoms. The van der Waals surface area contributed by atoms with Gasteiger partial charge in [0.25, 0.3) is 0 Å². The summed E-state index contributed by atoms with van der Waals surface area (Å²) in [4.78, 5) is 2.01. The zero-order valence-electron chi connectivity index (χ0n) is 5.98. The Labute approximate surface area is 56.6 Å². The molecule has 50 valence electrons. The lowest BCUT2D eigenvalue weighted by Crippen LogP contribution is -2.26. The number of hydrogen-bond donors (Lipinski definition) is 0. The van der Waals surface area contributed by atoms with Crippen LogP contribution in [0.25, 0.3) is 0 Å². The maximum Gasteiger partial charge on any atom is 0.0868 e. The quantitative estimate of drug-likeness (QED) is 0.412. The first-order valence-corrected chi connectivity index (χ1v) is 3.30. The van der Waals surface area contributed by atoms with Crippen molar-refractivity contribution < 1.29 is 0 Å². The maximum absolute atomic E-state index is 5.88. The molecule has 0 aliphatic carbocycles. The van der Waals surface area contributed by atoms with Gasteiger partial charge >= 0.3 is 0 Å². The van der Waals surface area contributed by atoms with Gasteiger partial charge in [0.1, 0.15) is 0 Å². The molecule has 0 N–H and O–H groups in total. The van der Waals surface area contributed by atoms with Crippen LogP contribution in [0.2, 0.25) is 0 Å². The summed E-state index contributed by atoms with van der Waals surface area (Å²) in [5.41, 5.74) is 0.176. The van der Waals surface area contributed by atoms with Crippen LogP contribution in [-0.4, -0.2) is 24.5 Å². The molecule has 0 aromatic rings. The first kappa shape index (κ1) is 8.25. The third-order valence-corrected chi connectivity index (χ3v) is 1.94. The van der Waals surface area contributed by atoms with Crippen molar-refractivity contribution >= 4 is 11.6 Å². The van der Waals surface area contributed by atoms with Crippen molar-refractivity contribution in [3.63, 3.8) is 0 Å². The molecule has 0 aliphatic rings. The van der Waals surface area contributed by atoms with Gasteiger partial charge < -0.3 is 0 Å². The average molecular weight is 136 g/mol. The number of nitrogens with zero attached hydrogens (tertiary/aromatic N) is 1. The van der Waals surface area contributed by atoms with E-state index in [1.807, 2.05) is 19.0 Å². The summed E-state index contributed by atoms with van der Waals surface area (Å²) in [6.07, 6.45) is 0. The summed E-state index contributed by atoms with van der Waals surface area (Å²) in [5.74, 6) is 0.534. The third-order valence-electron chi connectivity index (χ3n) is 1.04. The predicted octanol–water partition coefficient (Wildman–Crippen LogP) is 1.77. The van der Waals surface area contributed by atoms with E-state index in [1.165, 1.54) is 0 Å². The average Bonchev–Trinajstić information content (AvgIpc) is 1.64. The van der Waals surface area contributed by atoms with Crippen LogP contribution in [0.5, 0.6) is 0 Å². The molecule has 0 spiro atoms. The largest absolute Gasteiger partial charge is 0.293 e. The fraction of sp³-hybridized carbons (Fsp3) is 1.00. The molecule has 1 nitrogen and oxygen atoms in total. The van der Waals surface area contributed by atoms with Crippen molar-refractivity contribution in [3.8, 4) is 0 Å². The Morgan fingerprint density at radius 1 is 1.25 bits per heavy atom. The molecular weight excluding hydrogens is 122 g/mol. The van der Waals surface area contributed by atoms with Crippen LogP contribution in [0, 0.1) is 5.92 Å². The molecule has 0 amide bonds. The zero-order chi connectivity index (χ0) is 6.73. The third kappa shape index (κ3) is 2.53. The van der Waals surface area contributed by atoms with Gasteiger partial charge in [0.05, 0.1) is 5.50 Å². The Kier molecular flexibility index (Phi) is 3.41. The highest BCUT2D eigenvalue weighted by atomic mass is 35.5. The molecule has 1 atom stereocenters. The fourth-order valence-electron chi connectivity index (χ4n) is 0.596. The van der Waals surface area contributed by atoms with Crippen molar-refractivity contribution in [2.45, 2.75) is 19.3 Å². The van der Waals surface area contributed by atoms with Crippen LogP contribution in [-0.2, 0) is 0 Å². The molecule has 0 saturated carbocycles. The number of halogens is 1. The summed E-state index contributed by atoms with van der Waals surface area (Å²) in [5, 5.41) is 0. The van der Waals surface area contributed by atoms with E-state index in [-0.39, 0.29) is 5.50 Å². The highest BCUT2D eigenvalue weighted by Crippen LogP contribution is 2.10. The van der Waals surface area contributed by atoms with Crippen molar-refractivity contribution in [1.29, 1.82) is 0 Å². The topological polar surface area (TPSA) is 3.24 Å². The van der Waals surface area contributed by atoms with Crippen molar-refractivity contribution in [1.82, 2.24) is 4.90 Å². The second kappa shape index (κ2) is 3.31. The minimum absolute atomic E-state index is 0.176. The van der Waals surface area contributed by atoms with Crippen molar-refractivity contribution in [2.24, 2.45) is 5.92 Å². The van der Waals surface area contributed by atoms with Gasteiger partial charge in [-0.1, -0.05) is 13.8 Å². The molecular formula is C6H14ClN. The second-order valence-corrected chi connectivity index (χ2v) is 3.03. The van der Waals surface area contributed by atoms with E-state index in [2.05, 4.69) is 13.8 Å². The van der Waals surface area contributed by atoms with Gasteiger partial charge in [0.2, 0.25) is 0 Å². The monoisotopic (exact) mass is 135 g/mol. The Morgan fingerprint density at radius 2 is 1.62 bits per heavy atom. The lowest BCUT2D eigenvalue weighted by Gasteiger charge is -2.20. The van der Waals surface area contributed by atoms with Crippen molar-refractivity contribution in [3.05, 3.63) is 0 Å². The van der Waals surface area contributed by atoms with Gasteiger partial charge in [-0.05, 0) is 20.0 Å². The van der Waals surface area contributed by atoms with Crippen LogP contribution in [0.1, 0.15) is 13.8 Å². The lowest BCUT2D eigenvalue weighted by molar-refractivity contribution is 0.313. The highest BCUT2D eigenvalue weighted by Gasteiger charge is 2.09. The molecule has 0 aromatic heterocycles. The van der Waals surface area contributed by atoms with Gasteiger partial charge in [0.15, 0.2) is 0 Å². The van der Waals surface area contributed by atoms with Gasteiger partial charge in [-0.3, -0.25) is 4.90 Å². The Hall–Kier alpha value is 0.250. The van der Waals surface area contributed by atoms with E-state index >= 15 is 0 Å². The highest BCUT2D eigenvalue weighted by molar-refractivity contribution is 6.20. The minimum Gasteiger partial charge on any atom is -0.293 e. The van der Waals surface area contributed by atoms with Crippen LogP contribution < -0.4 is 0 Å². The number of alkyl halides is 1. The van der Waals surface area contributed by atoms with E-state index < -0.39 is 0 Å². The smallest absolute Gasteiger partial charge is 0.0868 e. The zero-order valence-corrected chi connectivity index (χ0v) is 6.74. The Morgan fingerprint density at radius 3 is 1.62 bits per heavy atom. The van der Waals surface area contributed by atoms with Gasteiger partial charge in [-0.25, -0.2) is 0 Å². The van der Waals surface area contributed by atoms with Gasteiger partial charge in [-0.15, -0.1) is 11.6 Å². The summed E-state index contributed by atoms with van der Waals surface area (Å²) >= 11 is 5.88. The van der Waals surface area contributed by atoms with Crippen LogP contribution >= 0.6 is 11.6 Å². The Balaban J connectivity index is 3.46. The summed E-state index contributed by atoms with van der Waals surface area (Å²) in [6, 6.07) is 0. The van der Waals surface area contributed by atoms with E-state index in [4.69, 9.17) is 11.6 Å². The minimum atomic E-state index is 0.176. The molecule has 0 saturated heterocycles. The molecule has 0 aromatic carbocycles. The summed E-state index contributed by atoms with van der Waals surface area (Å²) in [7, 11) is 3.97.